The lowest BCUT2D eigenvalue weighted by Crippen LogP contribution is -2.42. The zero-order valence-corrected chi connectivity index (χ0v) is 9.15. The van der Waals surface area contributed by atoms with E-state index in [0.717, 1.165) is 32.7 Å². The maximum Gasteiger partial charge on any atom is 0.0273 e. The molecule has 2 rings (SSSR count). The van der Waals surface area contributed by atoms with Crippen molar-refractivity contribution >= 4 is 11.3 Å². The summed E-state index contributed by atoms with van der Waals surface area (Å²) in [7, 11) is 0. The maximum atomic E-state index is 5.58. The van der Waals surface area contributed by atoms with Crippen LogP contribution in [0.1, 0.15) is 10.4 Å². The van der Waals surface area contributed by atoms with Crippen molar-refractivity contribution in [1.29, 1.82) is 0 Å². The van der Waals surface area contributed by atoms with Crippen molar-refractivity contribution in [3.05, 3.63) is 21.9 Å². The number of hydrogen-bond donors (Lipinski definition) is 2. The standard InChI is InChI=1S/C10H17N3S/c11-6-10-5-9(8-14-10)7-13-3-1-12-2-4-13/h5,8,12H,1-4,6-7,11H2. The van der Waals surface area contributed by atoms with E-state index in [2.05, 4.69) is 21.7 Å². The van der Waals surface area contributed by atoms with Crippen molar-refractivity contribution in [2.24, 2.45) is 5.73 Å². The molecular formula is C10H17N3S. The Morgan fingerprint density at radius 2 is 2.21 bits per heavy atom. The van der Waals surface area contributed by atoms with Crippen LogP contribution in [0, 0.1) is 0 Å². The molecule has 0 aliphatic carbocycles. The van der Waals surface area contributed by atoms with Gasteiger partial charge in [0.2, 0.25) is 0 Å². The minimum Gasteiger partial charge on any atom is -0.326 e. The van der Waals surface area contributed by atoms with E-state index in [0.29, 0.717) is 6.54 Å². The monoisotopic (exact) mass is 211 g/mol. The summed E-state index contributed by atoms with van der Waals surface area (Å²) in [6, 6.07) is 2.23. The van der Waals surface area contributed by atoms with E-state index in [1.807, 2.05) is 0 Å². The van der Waals surface area contributed by atoms with Crippen molar-refractivity contribution in [3.8, 4) is 0 Å². The zero-order valence-electron chi connectivity index (χ0n) is 8.33. The Morgan fingerprint density at radius 3 is 2.86 bits per heavy atom. The van der Waals surface area contributed by atoms with Crippen LogP contribution >= 0.6 is 11.3 Å². The average molecular weight is 211 g/mol. The summed E-state index contributed by atoms with van der Waals surface area (Å²) in [5.41, 5.74) is 7.00. The molecule has 0 radical (unpaired) electrons. The fourth-order valence-corrected chi connectivity index (χ4v) is 2.50. The summed E-state index contributed by atoms with van der Waals surface area (Å²) in [6.07, 6.45) is 0. The summed E-state index contributed by atoms with van der Waals surface area (Å²) in [4.78, 5) is 3.77. The van der Waals surface area contributed by atoms with Crippen LogP contribution in [0.4, 0.5) is 0 Å². The number of nitrogens with two attached hydrogens (primary N) is 1. The molecule has 4 heteroatoms. The van der Waals surface area contributed by atoms with Gasteiger partial charge in [-0.1, -0.05) is 0 Å². The van der Waals surface area contributed by atoms with E-state index in [4.69, 9.17) is 5.73 Å². The van der Waals surface area contributed by atoms with Crippen LogP contribution in [-0.2, 0) is 13.1 Å². The minimum absolute atomic E-state index is 0.673. The summed E-state index contributed by atoms with van der Waals surface area (Å²) in [5, 5.41) is 5.58. The molecule has 1 aromatic heterocycles. The summed E-state index contributed by atoms with van der Waals surface area (Å²) < 4.78 is 0. The molecule has 0 bridgehead atoms. The lowest BCUT2D eigenvalue weighted by molar-refractivity contribution is 0.233. The van der Waals surface area contributed by atoms with Gasteiger partial charge in [-0.15, -0.1) is 11.3 Å². The number of nitrogens with zero attached hydrogens (tertiary/aromatic N) is 1. The third-order valence-electron chi connectivity index (χ3n) is 2.53. The van der Waals surface area contributed by atoms with Crippen molar-refractivity contribution in [2.75, 3.05) is 26.2 Å². The highest BCUT2D eigenvalue weighted by Crippen LogP contribution is 2.15. The highest BCUT2D eigenvalue weighted by Gasteiger charge is 2.10. The first-order valence-electron chi connectivity index (χ1n) is 5.08. The molecule has 1 aromatic rings. The molecule has 0 saturated carbocycles. The van der Waals surface area contributed by atoms with Gasteiger partial charge < -0.3 is 11.1 Å². The summed E-state index contributed by atoms with van der Waals surface area (Å²) >= 11 is 1.77. The Kier molecular flexibility index (Phi) is 3.53. The van der Waals surface area contributed by atoms with Crippen molar-refractivity contribution in [3.63, 3.8) is 0 Å². The van der Waals surface area contributed by atoms with E-state index in [9.17, 15) is 0 Å². The molecule has 3 N–H and O–H groups in total. The van der Waals surface area contributed by atoms with E-state index < -0.39 is 0 Å². The SMILES string of the molecule is NCc1cc(CN2CCNCC2)cs1. The second kappa shape index (κ2) is 4.89. The molecule has 3 nitrogen and oxygen atoms in total. The lowest BCUT2D eigenvalue weighted by atomic mass is 10.2. The van der Waals surface area contributed by atoms with E-state index in [1.54, 1.807) is 11.3 Å². The van der Waals surface area contributed by atoms with Gasteiger partial charge in [0, 0.05) is 44.1 Å². The fourth-order valence-electron chi connectivity index (χ4n) is 1.74. The van der Waals surface area contributed by atoms with Gasteiger partial charge >= 0.3 is 0 Å². The third-order valence-corrected chi connectivity index (χ3v) is 3.53. The second-order valence-corrected chi connectivity index (χ2v) is 4.65. The summed E-state index contributed by atoms with van der Waals surface area (Å²) in [6.45, 7) is 6.31. The molecule has 14 heavy (non-hydrogen) atoms. The number of nitrogens with one attached hydrogen (secondary N) is 1. The van der Waals surface area contributed by atoms with Gasteiger partial charge in [-0.2, -0.15) is 0 Å². The number of piperazine rings is 1. The second-order valence-electron chi connectivity index (χ2n) is 3.65. The van der Waals surface area contributed by atoms with Gasteiger partial charge in [0.1, 0.15) is 0 Å². The average Bonchev–Trinajstić information content (AvgIpc) is 2.67. The van der Waals surface area contributed by atoms with E-state index in [-0.39, 0.29) is 0 Å². The van der Waals surface area contributed by atoms with Crippen LogP contribution in [0.15, 0.2) is 11.4 Å². The van der Waals surface area contributed by atoms with Crippen molar-refractivity contribution in [1.82, 2.24) is 10.2 Å². The number of rotatable bonds is 3. The molecule has 1 saturated heterocycles. The summed E-state index contributed by atoms with van der Waals surface area (Å²) in [5.74, 6) is 0. The predicted molar refractivity (Wildman–Crippen MR) is 60.4 cm³/mol. The fraction of sp³-hybridized carbons (Fsp3) is 0.600. The largest absolute Gasteiger partial charge is 0.326 e. The van der Waals surface area contributed by atoms with Crippen LogP contribution in [-0.4, -0.2) is 31.1 Å². The first-order valence-corrected chi connectivity index (χ1v) is 5.96. The predicted octanol–water partition coefficient (Wildman–Crippen LogP) is 0.612. The van der Waals surface area contributed by atoms with Crippen LogP contribution in [0.3, 0.4) is 0 Å². The zero-order chi connectivity index (χ0) is 9.80. The van der Waals surface area contributed by atoms with Gasteiger partial charge in [0.15, 0.2) is 0 Å². The molecule has 2 heterocycles. The molecular weight excluding hydrogens is 194 g/mol. The van der Waals surface area contributed by atoms with Crippen LogP contribution in [0.2, 0.25) is 0 Å². The lowest BCUT2D eigenvalue weighted by Gasteiger charge is -2.26. The molecule has 0 atom stereocenters. The number of thiophene rings is 1. The van der Waals surface area contributed by atoms with Gasteiger partial charge in [-0.3, -0.25) is 4.90 Å². The Bertz CT molecular complexity index is 279. The Morgan fingerprint density at radius 1 is 1.43 bits per heavy atom. The van der Waals surface area contributed by atoms with Crippen LogP contribution in [0.5, 0.6) is 0 Å². The molecule has 1 aliphatic rings. The molecule has 1 aliphatic heterocycles. The first-order chi connectivity index (χ1) is 6.88. The van der Waals surface area contributed by atoms with Crippen molar-refractivity contribution in [2.45, 2.75) is 13.1 Å². The van der Waals surface area contributed by atoms with Crippen molar-refractivity contribution < 1.29 is 0 Å². The molecule has 1 fully saturated rings. The minimum atomic E-state index is 0.673. The van der Waals surface area contributed by atoms with Gasteiger partial charge in [-0.25, -0.2) is 0 Å². The van der Waals surface area contributed by atoms with E-state index >= 15 is 0 Å². The van der Waals surface area contributed by atoms with Crippen LogP contribution < -0.4 is 11.1 Å². The highest BCUT2D eigenvalue weighted by molar-refractivity contribution is 7.10. The highest BCUT2D eigenvalue weighted by atomic mass is 32.1. The van der Waals surface area contributed by atoms with Gasteiger partial charge in [0.25, 0.3) is 0 Å². The maximum absolute atomic E-state index is 5.58. The van der Waals surface area contributed by atoms with Gasteiger partial charge in [-0.05, 0) is 17.0 Å². The molecule has 0 aromatic carbocycles. The van der Waals surface area contributed by atoms with Gasteiger partial charge in [0.05, 0.1) is 0 Å². The molecule has 0 spiro atoms. The quantitative estimate of drug-likeness (QED) is 0.770. The molecule has 0 amide bonds. The molecule has 0 unspecified atom stereocenters. The first kappa shape index (κ1) is 10.1. The number of hydrogen-bond acceptors (Lipinski definition) is 4. The third kappa shape index (κ3) is 2.54. The Balaban J connectivity index is 1.89. The normalized spacial score (nSPS) is 18.6. The smallest absolute Gasteiger partial charge is 0.0273 e. The Hall–Kier alpha value is -0.420. The Labute approximate surface area is 88.9 Å². The van der Waals surface area contributed by atoms with E-state index in [1.165, 1.54) is 10.4 Å². The topological polar surface area (TPSA) is 41.3 Å². The van der Waals surface area contributed by atoms with Crippen LogP contribution in [0.25, 0.3) is 0 Å². The molecule has 78 valence electrons.